The summed E-state index contributed by atoms with van der Waals surface area (Å²) in [5, 5.41) is 0. The van der Waals surface area contributed by atoms with E-state index in [-0.39, 0.29) is 23.9 Å². The van der Waals surface area contributed by atoms with E-state index in [0.717, 1.165) is 12.1 Å². The molecule has 24 heavy (non-hydrogen) atoms. The molecule has 0 spiro atoms. The maximum absolute atomic E-state index is 12.5. The van der Waals surface area contributed by atoms with Crippen LogP contribution in [0.15, 0.2) is 52.6 Å². The fourth-order valence-corrected chi connectivity index (χ4v) is 3.29. The van der Waals surface area contributed by atoms with Crippen LogP contribution in [-0.4, -0.2) is 38.1 Å². The van der Waals surface area contributed by atoms with Gasteiger partial charge in [-0.3, -0.25) is 0 Å². The fourth-order valence-electron chi connectivity index (χ4n) is 2.29. The van der Waals surface area contributed by atoms with Crippen molar-refractivity contribution in [1.82, 2.24) is 4.90 Å². The van der Waals surface area contributed by atoms with E-state index in [9.17, 15) is 21.6 Å². The van der Waals surface area contributed by atoms with Gasteiger partial charge in [-0.2, -0.15) is 13.2 Å². The van der Waals surface area contributed by atoms with Crippen molar-refractivity contribution in [3.63, 3.8) is 0 Å². The van der Waals surface area contributed by atoms with Gasteiger partial charge in [0.05, 0.1) is 11.3 Å². The summed E-state index contributed by atoms with van der Waals surface area (Å²) >= 11 is 0. The summed E-state index contributed by atoms with van der Waals surface area (Å²) in [4.78, 5) is 1.70. The molecule has 0 bridgehead atoms. The predicted octanol–water partition coefficient (Wildman–Crippen LogP) is 2.58. The van der Waals surface area contributed by atoms with Gasteiger partial charge in [-0.05, 0) is 30.3 Å². The molecule has 0 atom stereocenters. The molecule has 0 saturated carbocycles. The quantitative estimate of drug-likeness (QED) is 0.833. The molecule has 2 aliphatic rings. The van der Waals surface area contributed by atoms with E-state index in [1.54, 1.807) is 23.3 Å². The lowest BCUT2D eigenvalue weighted by atomic mass is 10.1. The zero-order chi connectivity index (χ0) is 17.4. The maximum atomic E-state index is 12.5. The van der Waals surface area contributed by atoms with Crippen LogP contribution in [0.3, 0.4) is 0 Å². The minimum absolute atomic E-state index is 0.000553. The smallest absolute Gasteiger partial charge is 0.416 e. The molecule has 2 heterocycles. The number of fused-ring (bicyclic) bond motifs is 1. The van der Waals surface area contributed by atoms with Crippen LogP contribution in [0.5, 0.6) is 5.75 Å². The average Bonchev–Trinajstić information content (AvgIpc) is 2.52. The van der Waals surface area contributed by atoms with Crippen molar-refractivity contribution in [1.29, 1.82) is 0 Å². The summed E-state index contributed by atoms with van der Waals surface area (Å²) in [5.41, 5.74) is -0.218. The second-order valence-corrected chi connectivity index (χ2v) is 6.99. The number of amidine groups is 1. The van der Waals surface area contributed by atoms with Crippen LogP contribution < -0.4 is 4.74 Å². The molecule has 1 aromatic carbocycles. The number of benzene rings is 1. The maximum Gasteiger partial charge on any atom is 0.416 e. The molecule has 0 aliphatic carbocycles. The highest BCUT2D eigenvalue weighted by Gasteiger charge is 2.30. The van der Waals surface area contributed by atoms with Gasteiger partial charge < -0.3 is 9.64 Å². The number of rotatable bonds is 3. The molecule has 0 unspecified atom stereocenters. The van der Waals surface area contributed by atoms with Crippen molar-refractivity contribution >= 4 is 15.9 Å². The first kappa shape index (κ1) is 16.6. The van der Waals surface area contributed by atoms with Gasteiger partial charge in [0.25, 0.3) is 10.0 Å². The third kappa shape index (κ3) is 3.61. The Kier molecular flexibility index (Phi) is 4.12. The Hall–Kier alpha value is -2.29. The highest BCUT2D eigenvalue weighted by Crippen LogP contribution is 2.30. The van der Waals surface area contributed by atoms with E-state index in [1.807, 2.05) is 0 Å². The topological polar surface area (TPSA) is 59.0 Å². The molecule has 5 nitrogen and oxygen atoms in total. The number of ether oxygens (including phenoxy) is 1. The first-order valence-corrected chi connectivity index (χ1v) is 8.63. The van der Waals surface area contributed by atoms with Gasteiger partial charge in [-0.1, -0.05) is 6.08 Å². The van der Waals surface area contributed by atoms with Gasteiger partial charge in [-0.25, -0.2) is 8.42 Å². The van der Waals surface area contributed by atoms with Crippen molar-refractivity contribution in [2.75, 3.05) is 18.9 Å². The van der Waals surface area contributed by atoms with Crippen LogP contribution in [0.25, 0.3) is 0 Å². The third-order valence-electron chi connectivity index (χ3n) is 3.51. The zero-order valence-electron chi connectivity index (χ0n) is 12.3. The van der Waals surface area contributed by atoms with Crippen molar-refractivity contribution in [3.05, 3.63) is 53.8 Å². The highest BCUT2D eigenvalue weighted by molar-refractivity contribution is 7.90. The Morgan fingerprint density at radius 2 is 1.92 bits per heavy atom. The summed E-state index contributed by atoms with van der Waals surface area (Å²) in [6.07, 6.45) is 0.721. The Balaban J connectivity index is 1.73. The largest absolute Gasteiger partial charge is 0.489 e. The molecule has 0 fully saturated rings. The average molecular weight is 358 g/mol. The van der Waals surface area contributed by atoms with Crippen LogP contribution in [0.4, 0.5) is 13.2 Å². The van der Waals surface area contributed by atoms with Crippen LogP contribution >= 0.6 is 0 Å². The van der Waals surface area contributed by atoms with Gasteiger partial charge in [0.15, 0.2) is 5.84 Å². The van der Waals surface area contributed by atoms with Crippen molar-refractivity contribution in [3.8, 4) is 5.75 Å². The van der Waals surface area contributed by atoms with Gasteiger partial charge in [-0.15, -0.1) is 4.40 Å². The van der Waals surface area contributed by atoms with E-state index in [0.29, 0.717) is 12.1 Å². The molecule has 9 heteroatoms. The van der Waals surface area contributed by atoms with Gasteiger partial charge in [0.2, 0.25) is 0 Å². The van der Waals surface area contributed by atoms with Gasteiger partial charge >= 0.3 is 6.18 Å². The number of sulfonamides is 1. The monoisotopic (exact) mass is 358 g/mol. The number of nitrogens with zero attached hydrogens (tertiary/aromatic N) is 2. The van der Waals surface area contributed by atoms with Crippen LogP contribution in [0.2, 0.25) is 0 Å². The van der Waals surface area contributed by atoms with E-state index in [2.05, 4.69) is 4.40 Å². The second kappa shape index (κ2) is 5.97. The molecular weight excluding hydrogens is 345 g/mol. The molecule has 0 N–H and O–H groups in total. The van der Waals surface area contributed by atoms with Gasteiger partial charge in [0.1, 0.15) is 12.4 Å². The molecule has 3 rings (SSSR count). The van der Waals surface area contributed by atoms with E-state index in [4.69, 9.17) is 4.74 Å². The fraction of sp³-hybridized carbons (Fsp3) is 0.267. The number of halogens is 3. The minimum atomic E-state index is -4.40. The second-order valence-electron chi connectivity index (χ2n) is 5.24. The summed E-state index contributed by atoms with van der Waals surface area (Å²) < 4.78 is 70.0. The van der Waals surface area contributed by atoms with Crippen molar-refractivity contribution in [2.24, 2.45) is 4.40 Å². The number of allylic oxidation sites excluding steroid dienone is 2. The Bertz CT molecular complexity index is 825. The summed E-state index contributed by atoms with van der Waals surface area (Å²) in [6.45, 7) is 0.301. The van der Waals surface area contributed by atoms with Crippen molar-refractivity contribution < 1.29 is 26.3 Å². The normalized spacial score (nSPS) is 19.4. The Morgan fingerprint density at radius 3 is 2.58 bits per heavy atom. The first-order valence-electron chi connectivity index (χ1n) is 7.02. The minimum Gasteiger partial charge on any atom is -0.489 e. The van der Waals surface area contributed by atoms with E-state index < -0.39 is 21.8 Å². The van der Waals surface area contributed by atoms with Crippen LogP contribution in [0, 0.1) is 0 Å². The van der Waals surface area contributed by atoms with E-state index >= 15 is 0 Å². The molecule has 128 valence electrons. The molecular formula is C15H13F3N2O3S. The number of hydrogen-bond donors (Lipinski definition) is 0. The van der Waals surface area contributed by atoms with Crippen LogP contribution in [-0.2, 0) is 16.2 Å². The first-order chi connectivity index (χ1) is 11.2. The molecule has 0 amide bonds. The Labute approximate surface area is 136 Å². The molecule has 0 radical (unpaired) electrons. The summed E-state index contributed by atoms with van der Waals surface area (Å²) in [5.74, 6) is 0.480. The SMILES string of the molecule is O=S1(=O)CCN2C=CC=C(COc3ccc(C(F)(F)F)cc3)C2=N1. The summed E-state index contributed by atoms with van der Waals surface area (Å²) in [6, 6.07) is 4.30. The van der Waals surface area contributed by atoms with Crippen LogP contribution in [0.1, 0.15) is 5.56 Å². The van der Waals surface area contributed by atoms with Gasteiger partial charge in [0, 0.05) is 18.3 Å². The standard InChI is InChI=1S/C15H13F3N2O3S/c16-15(17,18)12-3-5-13(6-4-12)23-10-11-2-1-7-20-8-9-24(21,22)19-14(11)20/h1-7H,8-10H2. The number of hydrogen-bond acceptors (Lipinski definition) is 4. The lowest BCUT2D eigenvalue weighted by Gasteiger charge is -2.29. The number of alkyl halides is 3. The molecule has 0 aromatic heterocycles. The molecule has 1 aromatic rings. The van der Waals surface area contributed by atoms with Crippen molar-refractivity contribution in [2.45, 2.75) is 6.18 Å². The highest BCUT2D eigenvalue weighted by atomic mass is 32.2. The zero-order valence-corrected chi connectivity index (χ0v) is 13.1. The lowest BCUT2D eigenvalue weighted by Crippen LogP contribution is -2.39. The lowest BCUT2D eigenvalue weighted by molar-refractivity contribution is -0.137. The third-order valence-corrected chi connectivity index (χ3v) is 4.66. The predicted molar refractivity (Wildman–Crippen MR) is 82.1 cm³/mol. The molecule has 0 saturated heterocycles. The molecule has 2 aliphatic heterocycles. The summed E-state index contributed by atoms with van der Waals surface area (Å²) in [7, 11) is -3.50. The van der Waals surface area contributed by atoms with E-state index in [1.165, 1.54) is 12.1 Å². The Morgan fingerprint density at radius 1 is 1.21 bits per heavy atom.